The Kier molecular flexibility index (Phi) is 4.40. The fourth-order valence-electron chi connectivity index (χ4n) is 2.47. The van der Waals surface area contributed by atoms with Gasteiger partial charge < -0.3 is 9.72 Å². The molecule has 1 aromatic carbocycles. The van der Waals surface area contributed by atoms with Crippen molar-refractivity contribution in [3.8, 4) is 5.75 Å². The highest BCUT2D eigenvalue weighted by molar-refractivity contribution is 7.98. The van der Waals surface area contributed by atoms with Crippen molar-refractivity contribution in [1.29, 1.82) is 0 Å². The second-order valence-corrected chi connectivity index (χ2v) is 6.26. The lowest BCUT2D eigenvalue weighted by atomic mass is 10.1. The first-order chi connectivity index (χ1) is 11.5. The van der Waals surface area contributed by atoms with Crippen LogP contribution >= 0.6 is 11.8 Å². The van der Waals surface area contributed by atoms with Gasteiger partial charge in [0.25, 0.3) is 0 Å². The second kappa shape index (κ2) is 6.49. The average molecular weight is 340 g/mol. The van der Waals surface area contributed by atoms with Crippen LogP contribution in [0.15, 0.2) is 41.4 Å². The summed E-state index contributed by atoms with van der Waals surface area (Å²) < 4.78 is 5.34. The molecular formula is C18H16N2O3S. The van der Waals surface area contributed by atoms with E-state index >= 15 is 0 Å². The van der Waals surface area contributed by atoms with E-state index in [1.165, 1.54) is 6.92 Å². The molecule has 2 aromatic heterocycles. The zero-order valence-electron chi connectivity index (χ0n) is 13.5. The van der Waals surface area contributed by atoms with Crippen molar-refractivity contribution in [2.24, 2.45) is 0 Å². The maximum Gasteiger partial charge on any atom is 0.308 e. The average Bonchev–Trinajstić information content (AvgIpc) is 2.91. The lowest BCUT2D eigenvalue weighted by Gasteiger charge is -2.04. The fraction of sp³-hybridized carbons (Fsp3) is 0.167. The summed E-state index contributed by atoms with van der Waals surface area (Å²) in [5.74, 6) is -0.532. The Balaban J connectivity index is 2.19. The van der Waals surface area contributed by atoms with Crippen molar-refractivity contribution >= 4 is 34.4 Å². The number of esters is 1. The second-order valence-electron chi connectivity index (χ2n) is 5.38. The first-order valence-corrected chi connectivity index (χ1v) is 8.57. The summed E-state index contributed by atoms with van der Waals surface area (Å²) in [5.41, 5.74) is 2.21. The van der Waals surface area contributed by atoms with Gasteiger partial charge in [0.15, 0.2) is 5.75 Å². The van der Waals surface area contributed by atoms with Crippen molar-refractivity contribution in [3.05, 3.63) is 53.5 Å². The molecule has 0 atom stereocenters. The molecule has 0 amide bonds. The quantitative estimate of drug-likeness (QED) is 0.445. The number of nitrogens with one attached hydrogen (secondary N) is 1. The van der Waals surface area contributed by atoms with Crippen LogP contribution in [0.2, 0.25) is 0 Å². The van der Waals surface area contributed by atoms with Gasteiger partial charge in [-0.15, -0.1) is 11.8 Å². The first kappa shape index (κ1) is 16.3. The van der Waals surface area contributed by atoms with E-state index in [1.54, 1.807) is 24.0 Å². The van der Waals surface area contributed by atoms with Gasteiger partial charge in [-0.3, -0.25) is 14.6 Å². The Morgan fingerprint density at radius 3 is 2.67 bits per heavy atom. The van der Waals surface area contributed by atoms with Crippen LogP contribution in [0.1, 0.15) is 28.7 Å². The van der Waals surface area contributed by atoms with Crippen LogP contribution in [-0.4, -0.2) is 28.0 Å². The standard InChI is InChI=1S/C18H16N2O3S/c1-10-6-7-19-15(8-10)17(22)16-18(23-11(2)21)13-9-12(24-3)4-5-14(13)20-16/h4-9,20H,1-3H3. The minimum Gasteiger partial charge on any atom is -0.424 e. The third kappa shape index (κ3) is 3.05. The number of aromatic nitrogens is 2. The Labute approximate surface area is 143 Å². The van der Waals surface area contributed by atoms with Crippen LogP contribution in [0.5, 0.6) is 5.75 Å². The molecule has 0 unspecified atom stereocenters. The van der Waals surface area contributed by atoms with Crippen molar-refractivity contribution in [2.45, 2.75) is 18.7 Å². The number of hydrogen-bond acceptors (Lipinski definition) is 5. The number of hydrogen-bond donors (Lipinski definition) is 1. The van der Waals surface area contributed by atoms with E-state index in [-0.39, 0.29) is 17.2 Å². The minimum atomic E-state index is -0.475. The predicted molar refractivity (Wildman–Crippen MR) is 93.8 cm³/mol. The molecule has 0 radical (unpaired) electrons. The van der Waals surface area contributed by atoms with E-state index in [1.807, 2.05) is 37.4 Å². The molecule has 3 aromatic rings. The molecule has 0 bridgehead atoms. The van der Waals surface area contributed by atoms with E-state index < -0.39 is 5.97 Å². The summed E-state index contributed by atoms with van der Waals surface area (Å²) in [5, 5.41) is 0.702. The maximum absolute atomic E-state index is 12.8. The highest BCUT2D eigenvalue weighted by Gasteiger charge is 2.23. The van der Waals surface area contributed by atoms with Crippen LogP contribution in [0, 0.1) is 6.92 Å². The minimum absolute atomic E-state index is 0.233. The van der Waals surface area contributed by atoms with Crippen molar-refractivity contribution in [2.75, 3.05) is 6.26 Å². The van der Waals surface area contributed by atoms with Crippen LogP contribution in [0.25, 0.3) is 10.9 Å². The Hall–Kier alpha value is -2.60. The van der Waals surface area contributed by atoms with Gasteiger partial charge in [0.05, 0.1) is 0 Å². The van der Waals surface area contributed by atoms with Crippen LogP contribution < -0.4 is 4.74 Å². The van der Waals surface area contributed by atoms with Gasteiger partial charge in [0.1, 0.15) is 11.4 Å². The molecule has 6 heteroatoms. The summed E-state index contributed by atoms with van der Waals surface area (Å²) in [6.07, 6.45) is 3.55. The van der Waals surface area contributed by atoms with Gasteiger partial charge in [-0.05, 0) is 49.1 Å². The molecule has 0 aliphatic carbocycles. The predicted octanol–water partition coefficient (Wildman–Crippen LogP) is 3.75. The summed E-state index contributed by atoms with van der Waals surface area (Å²) in [4.78, 5) is 32.5. The van der Waals surface area contributed by atoms with E-state index in [0.717, 1.165) is 16.0 Å². The molecule has 0 aliphatic rings. The van der Waals surface area contributed by atoms with Gasteiger partial charge >= 0.3 is 5.97 Å². The summed E-state index contributed by atoms with van der Waals surface area (Å²) in [6.45, 7) is 3.21. The summed E-state index contributed by atoms with van der Waals surface area (Å²) in [6, 6.07) is 9.24. The van der Waals surface area contributed by atoms with E-state index in [4.69, 9.17) is 4.74 Å². The first-order valence-electron chi connectivity index (χ1n) is 7.35. The van der Waals surface area contributed by atoms with Crippen LogP contribution in [-0.2, 0) is 4.79 Å². The molecular weight excluding hydrogens is 324 g/mol. The molecule has 2 heterocycles. The van der Waals surface area contributed by atoms with Gasteiger partial charge in [0, 0.05) is 28.9 Å². The molecule has 0 fully saturated rings. The van der Waals surface area contributed by atoms with Gasteiger partial charge in [0.2, 0.25) is 5.78 Å². The number of aryl methyl sites for hydroxylation is 1. The molecule has 122 valence electrons. The van der Waals surface area contributed by atoms with Gasteiger partial charge in [-0.1, -0.05) is 0 Å². The van der Waals surface area contributed by atoms with Crippen LogP contribution in [0.4, 0.5) is 0 Å². The van der Waals surface area contributed by atoms with Crippen molar-refractivity contribution < 1.29 is 14.3 Å². The molecule has 5 nitrogen and oxygen atoms in total. The monoisotopic (exact) mass is 340 g/mol. The van der Waals surface area contributed by atoms with Crippen molar-refractivity contribution in [3.63, 3.8) is 0 Å². The molecule has 24 heavy (non-hydrogen) atoms. The number of carbonyl (C=O) groups excluding carboxylic acids is 2. The Morgan fingerprint density at radius 1 is 1.21 bits per heavy atom. The number of aromatic amines is 1. The Bertz CT molecular complexity index is 947. The number of ketones is 1. The number of carbonyl (C=O) groups is 2. The normalized spacial score (nSPS) is 10.8. The molecule has 0 spiro atoms. The highest BCUT2D eigenvalue weighted by atomic mass is 32.2. The topological polar surface area (TPSA) is 72.1 Å². The number of H-pyrrole nitrogens is 1. The number of nitrogens with zero attached hydrogens (tertiary/aromatic N) is 1. The maximum atomic E-state index is 12.8. The fourth-order valence-corrected chi connectivity index (χ4v) is 2.91. The molecule has 0 saturated carbocycles. The third-order valence-electron chi connectivity index (χ3n) is 3.58. The largest absolute Gasteiger partial charge is 0.424 e. The number of benzene rings is 1. The lowest BCUT2D eigenvalue weighted by Crippen LogP contribution is -2.09. The number of thioether (sulfide) groups is 1. The highest BCUT2D eigenvalue weighted by Crippen LogP contribution is 2.34. The number of rotatable bonds is 4. The molecule has 3 rings (SSSR count). The summed E-state index contributed by atoms with van der Waals surface area (Å²) >= 11 is 1.58. The van der Waals surface area contributed by atoms with E-state index in [9.17, 15) is 9.59 Å². The third-order valence-corrected chi connectivity index (χ3v) is 4.30. The van der Waals surface area contributed by atoms with Crippen LogP contribution in [0.3, 0.4) is 0 Å². The SMILES string of the molecule is CSc1ccc2[nH]c(C(=O)c3cc(C)ccn3)c(OC(C)=O)c2c1. The number of ether oxygens (including phenoxy) is 1. The molecule has 0 saturated heterocycles. The van der Waals surface area contributed by atoms with E-state index in [2.05, 4.69) is 9.97 Å². The molecule has 0 aliphatic heterocycles. The summed E-state index contributed by atoms with van der Waals surface area (Å²) in [7, 11) is 0. The molecule has 1 N–H and O–H groups in total. The van der Waals surface area contributed by atoms with Gasteiger partial charge in [-0.2, -0.15) is 0 Å². The Morgan fingerprint density at radius 2 is 2.00 bits per heavy atom. The zero-order chi connectivity index (χ0) is 17.3. The number of fused-ring (bicyclic) bond motifs is 1. The zero-order valence-corrected chi connectivity index (χ0v) is 14.4. The number of pyridine rings is 1. The van der Waals surface area contributed by atoms with Gasteiger partial charge in [-0.25, -0.2) is 0 Å². The smallest absolute Gasteiger partial charge is 0.308 e. The lowest BCUT2D eigenvalue weighted by molar-refractivity contribution is -0.131. The van der Waals surface area contributed by atoms with E-state index in [0.29, 0.717) is 11.1 Å². The van der Waals surface area contributed by atoms with Crippen molar-refractivity contribution in [1.82, 2.24) is 9.97 Å².